The summed E-state index contributed by atoms with van der Waals surface area (Å²) in [6, 6.07) is 1.25. The van der Waals surface area contributed by atoms with Gasteiger partial charge in [0.05, 0.1) is 19.3 Å². The maximum absolute atomic E-state index is 12.7. The summed E-state index contributed by atoms with van der Waals surface area (Å²) in [5, 5.41) is 1.95. The van der Waals surface area contributed by atoms with Crippen molar-refractivity contribution in [3.63, 3.8) is 0 Å². The predicted octanol–water partition coefficient (Wildman–Crippen LogP) is 0.852. The molecule has 2 rings (SSSR count). The molecule has 5 atom stereocenters. The number of H-pyrrole nitrogens is 1. The van der Waals surface area contributed by atoms with E-state index in [9.17, 15) is 24.1 Å². The summed E-state index contributed by atoms with van der Waals surface area (Å²) in [4.78, 5) is 60.1. The van der Waals surface area contributed by atoms with Crippen LogP contribution in [0, 0.1) is 0 Å². The number of carbonyl (C=O) groups excluding carboxylic acids is 2. The SMILES string of the molecule is CC(=O)OCCOC(OCCOC(C)=O)O[C@@H]1[C@H](OP(O)N(C)N(C(C)C)C(C)C)[C@@H](C)O[C@H]1n1ccc(=O)[nH]c1=O. The van der Waals surface area contributed by atoms with Crippen LogP contribution in [0.25, 0.3) is 0 Å². The van der Waals surface area contributed by atoms with Crippen molar-refractivity contribution in [1.29, 1.82) is 0 Å². The fourth-order valence-corrected chi connectivity index (χ4v) is 5.63. The van der Waals surface area contributed by atoms with Crippen LogP contribution in [-0.2, 0) is 42.5 Å². The molecule has 16 nitrogen and oxygen atoms in total. The fourth-order valence-electron chi connectivity index (χ4n) is 4.39. The van der Waals surface area contributed by atoms with Gasteiger partial charge in [0.2, 0.25) is 0 Å². The molecular formula is C25H43N4O12P. The molecule has 1 fully saturated rings. The molecule has 0 bridgehead atoms. The second kappa shape index (κ2) is 17.1. The maximum atomic E-state index is 12.7. The van der Waals surface area contributed by atoms with Gasteiger partial charge in [0, 0.05) is 45.2 Å². The first-order valence-electron chi connectivity index (χ1n) is 13.5. The van der Waals surface area contributed by atoms with Gasteiger partial charge in [-0.25, -0.2) is 9.80 Å². The van der Waals surface area contributed by atoms with E-state index >= 15 is 0 Å². The average Bonchev–Trinajstić information content (AvgIpc) is 3.17. The Kier molecular flexibility index (Phi) is 14.7. The van der Waals surface area contributed by atoms with Gasteiger partial charge >= 0.3 is 17.6 Å². The Labute approximate surface area is 245 Å². The summed E-state index contributed by atoms with van der Waals surface area (Å²) in [5.74, 6) is -1.01. The monoisotopic (exact) mass is 622 g/mol. The lowest BCUT2D eigenvalue weighted by atomic mass is 10.1. The summed E-state index contributed by atoms with van der Waals surface area (Å²) < 4.78 is 42.1. The van der Waals surface area contributed by atoms with E-state index in [2.05, 4.69) is 4.98 Å². The highest BCUT2D eigenvalue weighted by Gasteiger charge is 2.49. The van der Waals surface area contributed by atoms with Gasteiger partial charge in [0.25, 0.3) is 20.6 Å². The van der Waals surface area contributed by atoms with E-state index in [1.165, 1.54) is 20.0 Å². The molecular weight excluding hydrogens is 579 g/mol. The molecule has 42 heavy (non-hydrogen) atoms. The molecule has 1 aliphatic heterocycles. The van der Waals surface area contributed by atoms with E-state index in [0.29, 0.717) is 0 Å². The molecule has 1 aromatic heterocycles. The van der Waals surface area contributed by atoms with E-state index in [-0.39, 0.29) is 38.5 Å². The van der Waals surface area contributed by atoms with Crippen LogP contribution in [0.1, 0.15) is 54.7 Å². The first-order chi connectivity index (χ1) is 19.7. The smallest absolute Gasteiger partial charge is 0.330 e. The fraction of sp³-hybridized carbons (Fsp3) is 0.760. The quantitative estimate of drug-likeness (QED) is 0.0821. The van der Waals surface area contributed by atoms with Crippen molar-refractivity contribution in [1.82, 2.24) is 19.3 Å². The zero-order chi connectivity index (χ0) is 31.6. The van der Waals surface area contributed by atoms with E-state index in [1.54, 1.807) is 18.8 Å². The summed E-state index contributed by atoms with van der Waals surface area (Å²) in [6.45, 7) is 10.2. The van der Waals surface area contributed by atoms with Crippen LogP contribution in [-0.4, -0.2) is 107 Å². The number of hydrogen-bond donors (Lipinski definition) is 2. The van der Waals surface area contributed by atoms with Crippen LogP contribution in [0.15, 0.2) is 21.9 Å². The first kappa shape index (κ1) is 35.9. The van der Waals surface area contributed by atoms with Crippen molar-refractivity contribution in [2.75, 3.05) is 33.5 Å². The Morgan fingerprint density at radius 3 is 2.05 bits per heavy atom. The normalized spacial score (nSPS) is 21.6. The van der Waals surface area contributed by atoms with Crippen LogP contribution in [0.2, 0.25) is 0 Å². The lowest BCUT2D eigenvalue weighted by molar-refractivity contribution is -0.320. The minimum atomic E-state index is -2.22. The largest absolute Gasteiger partial charge is 0.463 e. The zero-order valence-corrected chi connectivity index (χ0v) is 26.1. The Balaban J connectivity index is 2.37. The highest BCUT2D eigenvalue weighted by atomic mass is 31.2. The van der Waals surface area contributed by atoms with Crippen LogP contribution < -0.4 is 11.2 Å². The number of ether oxygens (including phenoxy) is 6. The molecule has 0 spiro atoms. The Morgan fingerprint density at radius 2 is 1.57 bits per heavy atom. The van der Waals surface area contributed by atoms with Gasteiger partial charge in [-0.05, 0) is 34.6 Å². The highest BCUT2D eigenvalue weighted by Crippen LogP contribution is 2.45. The van der Waals surface area contributed by atoms with Crippen molar-refractivity contribution in [3.8, 4) is 0 Å². The standard InChI is InChI=1S/C25H43N4O12P/c1-15(2)29(16(3)4)27(8)42(34)41-21-17(5)39-23(28-10-9-20(32)26-24(28)33)22(21)40-25(37-13-11-35-18(6)30)38-14-12-36-19(7)31/h9-10,15-17,21-23,25,34H,11-14H2,1-8H3,(H,26,32,33)/t17-,21-,22-,23-,42?/m1/s1. The van der Waals surface area contributed by atoms with Gasteiger partial charge in [-0.2, -0.15) is 4.78 Å². The van der Waals surface area contributed by atoms with E-state index in [1.807, 2.05) is 32.7 Å². The van der Waals surface area contributed by atoms with E-state index < -0.39 is 62.7 Å². The summed E-state index contributed by atoms with van der Waals surface area (Å²) in [6.07, 6.45) is -2.66. The van der Waals surface area contributed by atoms with Crippen LogP contribution >= 0.6 is 8.53 Å². The number of nitrogens with zero attached hydrogens (tertiary/aromatic N) is 3. The lowest BCUT2D eigenvalue weighted by Crippen LogP contribution is -2.47. The third-order valence-electron chi connectivity index (χ3n) is 5.96. The topological polar surface area (TPSA) is 180 Å². The second-order valence-electron chi connectivity index (χ2n) is 9.94. The Bertz CT molecular complexity index is 1090. The summed E-state index contributed by atoms with van der Waals surface area (Å²) >= 11 is 0. The van der Waals surface area contributed by atoms with E-state index in [0.717, 1.165) is 10.6 Å². The van der Waals surface area contributed by atoms with Crippen LogP contribution in [0.4, 0.5) is 0 Å². The average molecular weight is 623 g/mol. The number of aromatic amines is 1. The summed E-state index contributed by atoms with van der Waals surface area (Å²) in [5.41, 5.74) is -1.36. The molecule has 1 unspecified atom stereocenters. The molecule has 2 heterocycles. The minimum absolute atomic E-state index is 0.0492. The van der Waals surface area contributed by atoms with Crippen molar-refractivity contribution < 1.29 is 47.4 Å². The van der Waals surface area contributed by atoms with Crippen LogP contribution in [0.5, 0.6) is 0 Å². The molecule has 240 valence electrons. The van der Waals surface area contributed by atoms with Gasteiger partial charge in [-0.3, -0.25) is 23.9 Å². The van der Waals surface area contributed by atoms with Crippen molar-refractivity contribution in [2.24, 2.45) is 0 Å². The second-order valence-corrected chi connectivity index (χ2v) is 11.2. The number of aromatic nitrogens is 2. The molecule has 17 heteroatoms. The van der Waals surface area contributed by atoms with Gasteiger partial charge in [-0.1, -0.05) is 0 Å². The zero-order valence-electron chi connectivity index (χ0n) is 25.3. The maximum Gasteiger partial charge on any atom is 0.330 e. The Morgan fingerprint density at radius 1 is 1.02 bits per heavy atom. The molecule has 0 saturated carbocycles. The molecule has 2 N–H and O–H groups in total. The van der Waals surface area contributed by atoms with Gasteiger partial charge in [0.1, 0.15) is 25.4 Å². The van der Waals surface area contributed by atoms with Gasteiger partial charge < -0.3 is 37.8 Å². The van der Waals surface area contributed by atoms with Crippen molar-refractivity contribution >= 4 is 20.5 Å². The molecule has 1 aliphatic rings. The van der Waals surface area contributed by atoms with Gasteiger partial charge in [-0.15, -0.1) is 0 Å². The third kappa shape index (κ3) is 10.8. The van der Waals surface area contributed by atoms with Crippen LogP contribution in [0.3, 0.4) is 0 Å². The Hall–Kier alpha value is -2.27. The molecule has 0 amide bonds. The van der Waals surface area contributed by atoms with E-state index in [4.69, 9.17) is 32.9 Å². The molecule has 0 aliphatic carbocycles. The number of hydrazine groups is 1. The number of rotatable bonds is 17. The van der Waals surface area contributed by atoms with Gasteiger partial charge in [0.15, 0.2) is 6.23 Å². The number of hydrogen-bond acceptors (Lipinski definition) is 14. The molecule has 0 radical (unpaired) electrons. The highest BCUT2D eigenvalue weighted by molar-refractivity contribution is 7.43. The first-order valence-corrected chi connectivity index (χ1v) is 14.7. The van der Waals surface area contributed by atoms with Crippen molar-refractivity contribution in [3.05, 3.63) is 33.1 Å². The van der Waals surface area contributed by atoms with Crippen molar-refractivity contribution in [2.45, 2.75) is 91.6 Å². The number of esters is 2. The molecule has 0 aromatic carbocycles. The minimum Gasteiger partial charge on any atom is -0.463 e. The summed E-state index contributed by atoms with van der Waals surface area (Å²) in [7, 11) is -0.521. The number of nitrogens with one attached hydrogen (secondary N) is 1. The lowest BCUT2D eigenvalue weighted by Gasteiger charge is -2.40. The molecule has 1 saturated heterocycles. The predicted molar refractivity (Wildman–Crippen MR) is 149 cm³/mol. The molecule has 1 aromatic rings. The third-order valence-corrected chi connectivity index (χ3v) is 7.09. The number of carbonyl (C=O) groups is 2.